The largest absolute Gasteiger partial charge is 0.504 e. The summed E-state index contributed by atoms with van der Waals surface area (Å²) in [6.07, 6.45) is -1.04. The van der Waals surface area contributed by atoms with Gasteiger partial charge in [0.15, 0.2) is 17.8 Å². The minimum absolute atomic E-state index is 0.0501. The number of aromatic hydroxyl groups is 1. The summed E-state index contributed by atoms with van der Waals surface area (Å²) in [4.78, 5) is 0. The predicted octanol–water partition coefficient (Wildman–Crippen LogP) is 3.18. The summed E-state index contributed by atoms with van der Waals surface area (Å²) in [6.45, 7) is 0. The lowest BCUT2D eigenvalue weighted by Gasteiger charge is -2.18. The van der Waals surface area contributed by atoms with Gasteiger partial charge in [0.05, 0.1) is 21.3 Å². The monoisotopic (exact) mass is 332 g/mol. The second-order valence-corrected chi connectivity index (χ2v) is 5.31. The van der Waals surface area contributed by atoms with Crippen molar-refractivity contribution in [2.45, 2.75) is 12.4 Å². The molecule has 0 radical (unpaired) electrons. The Morgan fingerprint density at radius 2 is 1.67 bits per heavy atom. The smallest absolute Gasteiger partial charge is 0.185 e. The fraction of sp³-hybridized carbons (Fsp3) is 0.333. The number of fused-ring (bicyclic) bond motifs is 1. The van der Waals surface area contributed by atoms with Gasteiger partial charge >= 0.3 is 0 Å². The zero-order chi connectivity index (χ0) is 17.3. The summed E-state index contributed by atoms with van der Waals surface area (Å²) in [5.41, 5.74) is 2.34. The van der Waals surface area contributed by atoms with Gasteiger partial charge in [0.25, 0.3) is 0 Å². The lowest BCUT2D eigenvalue weighted by molar-refractivity contribution is -0.132. The van der Waals surface area contributed by atoms with E-state index in [0.717, 1.165) is 16.7 Å². The minimum Gasteiger partial charge on any atom is -0.504 e. The molecule has 2 aromatic rings. The van der Waals surface area contributed by atoms with E-state index in [4.69, 9.17) is 23.7 Å². The summed E-state index contributed by atoms with van der Waals surface area (Å²) < 4.78 is 27.6. The van der Waals surface area contributed by atoms with Gasteiger partial charge < -0.3 is 28.8 Å². The van der Waals surface area contributed by atoms with Gasteiger partial charge in [-0.1, -0.05) is 0 Å². The molecule has 0 aromatic heterocycles. The summed E-state index contributed by atoms with van der Waals surface area (Å²) in [6, 6.07) is 8.83. The lowest BCUT2D eigenvalue weighted by atomic mass is 9.96. The van der Waals surface area contributed by atoms with E-state index < -0.39 is 12.4 Å². The Balaban J connectivity index is 2.17. The maximum absolute atomic E-state index is 10.1. The molecular weight excluding hydrogens is 312 g/mol. The molecule has 1 aliphatic rings. The van der Waals surface area contributed by atoms with Gasteiger partial charge in [-0.05, 0) is 24.3 Å². The SMILES string of the molecule is COc1ccc(C2OC(OC)c3ccc(O)c(OC)c32)c(OC)c1. The molecule has 2 aromatic carbocycles. The molecule has 0 saturated heterocycles. The van der Waals surface area contributed by atoms with E-state index in [2.05, 4.69) is 0 Å². The molecule has 6 heteroatoms. The zero-order valence-corrected chi connectivity index (χ0v) is 14.0. The van der Waals surface area contributed by atoms with Gasteiger partial charge in [0.1, 0.15) is 17.6 Å². The Kier molecular flexibility index (Phi) is 4.51. The Morgan fingerprint density at radius 1 is 0.917 bits per heavy atom. The summed E-state index contributed by atoms with van der Waals surface area (Å²) in [7, 11) is 6.26. The molecule has 6 nitrogen and oxygen atoms in total. The van der Waals surface area contributed by atoms with Crippen molar-refractivity contribution in [1.29, 1.82) is 0 Å². The molecule has 0 amide bonds. The van der Waals surface area contributed by atoms with Crippen molar-refractivity contribution in [2.24, 2.45) is 0 Å². The highest BCUT2D eigenvalue weighted by molar-refractivity contribution is 5.57. The van der Waals surface area contributed by atoms with Crippen LogP contribution in [-0.4, -0.2) is 33.5 Å². The van der Waals surface area contributed by atoms with Crippen LogP contribution in [0.3, 0.4) is 0 Å². The summed E-state index contributed by atoms with van der Waals surface area (Å²) >= 11 is 0. The van der Waals surface area contributed by atoms with Crippen LogP contribution < -0.4 is 14.2 Å². The van der Waals surface area contributed by atoms with Crippen molar-refractivity contribution < 1.29 is 28.8 Å². The van der Waals surface area contributed by atoms with Crippen LogP contribution in [-0.2, 0) is 9.47 Å². The van der Waals surface area contributed by atoms with E-state index >= 15 is 0 Å². The molecule has 128 valence electrons. The van der Waals surface area contributed by atoms with Crippen molar-refractivity contribution in [2.75, 3.05) is 28.4 Å². The highest BCUT2D eigenvalue weighted by Gasteiger charge is 2.38. The average molecular weight is 332 g/mol. The van der Waals surface area contributed by atoms with Gasteiger partial charge in [-0.3, -0.25) is 0 Å². The Labute approximate surface area is 140 Å². The van der Waals surface area contributed by atoms with Crippen molar-refractivity contribution in [3.8, 4) is 23.0 Å². The molecule has 1 aliphatic heterocycles. The van der Waals surface area contributed by atoms with E-state index in [0.29, 0.717) is 17.2 Å². The first-order chi connectivity index (χ1) is 11.6. The quantitative estimate of drug-likeness (QED) is 0.907. The molecule has 3 rings (SSSR count). The van der Waals surface area contributed by atoms with Gasteiger partial charge in [-0.25, -0.2) is 0 Å². The van der Waals surface area contributed by atoms with Crippen LogP contribution in [0.2, 0.25) is 0 Å². The van der Waals surface area contributed by atoms with Gasteiger partial charge in [0, 0.05) is 29.9 Å². The number of hydrogen-bond donors (Lipinski definition) is 1. The Bertz CT molecular complexity index is 743. The third-order valence-electron chi connectivity index (χ3n) is 4.13. The van der Waals surface area contributed by atoms with Crippen LogP contribution in [0, 0.1) is 0 Å². The molecule has 1 heterocycles. The number of ether oxygens (including phenoxy) is 5. The third-order valence-corrected chi connectivity index (χ3v) is 4.13. The molecule has 24 heavy (non-hydrogen) atoms. The second kappa shape index (κ2) is 6.59. The molecule has 0 aliphatic carbocycles. The fourth-order valence-electron chi connectivity index (χ4n) is 3.01. The molecular formula is C18H20O6. The molecule has 2 atom stereocenters. The number of phenolic OH excluding ortho intramolecular Hbond substituents is 1. The number of hydrogen-bond acceptors (Lipinski definition) is 6. The van der Waals surface area contributed by atoms with E-state index in [1.165, 1.54) is 7.11 Å². The standard InChI is InChI=1S/C18H20O6/c1-20-10-5-6-11(14(9-10)21-2)16-15-12(18(23-4)24-16)7-8-13(19)17(15)22-3/h5-9,16,18-19H,1-4H3. The summed E-state index contributed by atoms with van der Waals surface area (Å²) in [5, 5.41) is 10.1. The average Bonchev–Trinajstić information content (AvgIpc) is 2.99. The zero-order valence-electron chi connectivity index (χ0n) is 14.0. The van der Waals surface area contributed by atoms with Crippen molar-refractivity contribution in [1.82, 2.24) is 0 Å². The van der Waals surface area contributed by atoms with Crippen molar-refractivity contribution in [3.05, 3.63) is 47.0 Å². The Hall–Kier alpha value is -2.44. The molecule has 0 spiro atoms. The highest BCUT2D eigenvalue weighted by Crippen LogP contribution is 2.51. The van der Waals surface area contributed by atoms with Gasteiger partial charge in [0.2, 0.25) is 0 Å². The van der Waals surface area contributed by atoms with E-state index in [1.807, 2.05) is 12.1 Å². The molecule has 0 saturated carbocycles. The van der Waals surface area contributed by atoms with Gasteiger partial charge in [-0.2, -0.15) is 0 Å². The molecule has 0 bridgehead atoms. The summed E-state index contributed by atoms with van der Waals surface area (Å²) in [5.74, 6) is 1.72. The van der Waals surface area contributed by atoms with E-state index in [1.54, 1.807) is 39.5 Å². The van der Waals surface area contributed by atoms with Crippen LogP contribution in [0.5, 0.6) is 23.0 Å². The number of methoxy groups -OCH3 is 4. The van der Waals surface area contributed by atoms with E-state index in [9.17, 15) is 5.11 Å². The predicted molar refractivity (Wildman–Crippen MR) is 86.9 cm³/mol. The lowest BCUT2D eigenvalue weighted by Crippen LogP contribution is -2.05. The van der Waals surface area contributed by atoms with Crippen LogP contribution in [0.25, 0.3) is 0 Å². The second-order valence-electron chi connectivity index (χ2n) is 5.31. The minimum atomic E-state index is -0.550. The third kappa shape index (κ3) is 2.53. The highest BCUT2D eigenvalue weighted by atomic mass is 16.7. The number of rotatable bonds is 5. The molecule has 0 fully saturated rings. The first-order valence-corrected chi connectivity index (χ1v) is 7.44. The van der Waals surface area contributed by atoms with Crippen LogP contribution in [0.4, 0.5) is 0 Å². The first kappa shape index (κ1) is 16.4. The molecule has 2 unspecified atom stereocenters. The number of phenols is 1. The maximum atomic E-state index is 10.1. The van der Waals surface area contributed by atoms with Crippen LogP contribution in [0.15, 0.2) is 30.3 Å². The topological polar surface area (TPSA) is 66.4 Å². The van der Waals surface area contributed by atoms with Crippen molar-refractivity contribution in [3.63, 3.8) is 0 Å². The molecule has 1 N–H and O–H groups in total. The maximum Gasteiger partial charge on any atom is 0.185 e. The number of benzene rings is 2. The normalized spacial score (nSPS) is 19.0. The van der Waals surface area contributed by atoms with Crippen molar-refractivity contribution >= 4 is 0 Å². The van der Waals surface area contributed by atoms with E-state index in [-0.39, 0.29) is 5.75 Å². The Morgan fingerprint density at radius 3 is 2.29 bits per heavy atom. The van der Waals surface area contributed by atoms with Crippen LogP contribution >= 0.6 is 0 Å². The fourth-order valence-corrected chi connectivity index (χ4v) is 3.01. The van der Waals surface area contributed by atoms with Crippen LogP contribution in [0.1, 0.15) is 29.1 Å². The van der Waals surface area contributed by atoms with Gasteiger partial charge in [-0.15, -0.1) is 0 Å². The first-order valence-electron chi connectivity index (χ1n) is 7.44.